The van der Waals surface area contributed by atoms with Gasteiger partial charge >= 0.3 is 5.97 Å². The number of methoxy groups -OCH3 is 2. The van der Waals surface area contributed by atoms with E-state index in [0.717, 1.165) is 27.4 Å². The van der Waals surface area contributed by atoms with Crippen LogP contribution in [-0.4, -0.2) is 31.7 Å². The minimum Gasteiger partial charge on any atom is -0.867 e. The lowest BCUT2D eigenvalue weighted by Gasteiger charge is -2.41. The number of benzene rings is 3. The Kier molecular flexibility index (Phi) is 6.71. The minimum absolute atomic E-state index is 0.0931. The van der Waals surface area contributed by atoms with Crippen molar-refractivity contribution in [3.63, 3.8) is 0 Å². The van der Waals surface area contributed by atoms with Crippen LogP contribution in [0, 0.1) is 10.1 Å². The Labute approximate surface area is 204 Å². The van der Waals surface area contributed by atoms with Gasteiger partial charge in [0.1, 0.15) is 11.8 Å². The number of halogens is 1. The van der Waals surface area contributed by atoms with Crippen molar-refractivity contribution >= 4 is 33.3 Å². The molecule has 0 spiro atoms. The van der Waals surface area contributed by atoms with E-state index in [9.17, 15) is 20.0 Å². The normalized spacial score (nSPS) is 19.0. The summed E-state index contributed by atoms with van der Waals surface area (Å²) in [6.07, 6.45) is -0.792. The van der Waals surface area contributed by atoms with Crippen LogP contribution in [0.3, 0.4) is 0 Å². The van der Waals surface area contributed by atoms with Crippen LogP contribution in [-0.2, 0) is 9.53 Å². The van der Waals surface area contributed by atoms with Crippen LogP contribution in [0.25, 0.3) is 0 Å². The fourth-order valence-electron chi connectivity index (χ4n) is 4.35. The van der Waals surface area contributed by atoms with Gasteiger partial charge in [0.15, 0.2) is 12.7 Å². The van der Waals surface area contributed by atoms with Crippen molar-refractivity contribution in [1.82, 2.24) is 0 Å². The molecule has 4 rings (SSSR count). The number of quaternary nitrogens is 1. The number of nitrogens with one attached hydrogen (secondary N) is 2. The second-order valence-corrected chi connectivity index (χ2v) is 8.72. The summed E-state index contributed by atoms with van der Waals surface area (Å²) in [7, 11) is 2.67. The highest BCUT2D eigenvalue weighted by atomic mass is 79.9. The molecule has 0 fully saturated rings. The largest absolute Gasteiger partial charge is 0.867 e. The molecular weight excluding hydrogens is 506 g/mol. The van der Waals surface area contributed by atoms with Crippen LogP contribution in [0.15, 0.2) is 65.1 Å². The fraction of sp³-hybridized carbons (Fsp3) is 0.208. The molecule has 0 bridgehead atoms. The number of carbonyl (C=O) groups excluding carboxylic acids is 1. The SMILES string of the molecule is COC(=O)C[NH+]1[C@@H](c2ccccc2)c2cc(Br)ccc2N[C@H]1c1cc(OC)cc([N+](=O)[O-])c1[O-]. The predicted molar refractivity (Wildman–Crippen MR) is 126 cm³/mol. The van der Waals surface area contributed by atoms with Gasteiger partial charge in [-0.15, -0.1) is 0 Å². The quantitative estimate of drug-likeness (QED) is 0.287. The first-order valence-electron chi connectivity index (χ1n) is 10.4. The Bertz CT molecular complexity index is 1240. The van der Waals surface area contributed by atoms with E-state index in [4.69, 9.17) is 9.47 Å². The third-order valence-corrected chi connectivity index (χ3v) is 6.38. The average molecular weight is 528 g/mol. The Morgan fingerprint density at radius 3 is 2.50 bits per heavy atom. The number of nitro groups is 1. The monoisotopic (exact) mass is 527 g/mol. The van der Waals surface area contributed by atoms with Gasteiger partial charge in [0.25, 0.3) is 5.69 Å². The molecule has 1 aliphatic rings. The maximum absolute atomic E-state index is 13.2. The maximum Gasteiger partial charge on any atom is 0.361 e. The number of esters is 1. The second-order valence-electron chi connectivity index (χ2n) is 7.80. The van der Waals surface area contributed by atoms with Crippen molar-refractivity contribution in [3.8, 4) is 11.5 Å². The lowest BCUT2D eigenvalue weighted by molar-refractivity contribution is -0.947. The third-order valence-electron chi connectivity index (χ3n) is 5.89. The molecule has 0 saturated heterocycles. The number of anilines is 1. The van der Waals surface area contributed by atoms with Gasteiger partial charge in [0, 0.05) is 26.9 Å². The molecule has 1 unspecified atom stereocenters. The zero-order chi connectivity index (χ0) is 24.4. The van der Waals surface area contributed by atoms with Gasteiger partial charge in [0.05, 0.1) is 25.2 Å². The molecule has 176 valence electrons. The lowest BCUT2D eigenvalue weighted by atomic mass is 9.91. The van der Waals surface area contributed by atoms with Crippen molar-refractivity contribution in [3.05, 3.63) is 91.9 Å². The van der Waals surface area contributed by atoms with Crippen molar-refractivity contribution in [2.75, 3.05) is 26.1 Å². The zero-order valence-electron chi connectivity index (χ0n) is 18.4. The number of hydrogen-bond acceptors (Lipinski definition) is 7. The lowest BCUT2D eigenvalue weighted by Crippen LogP contribution is -3.15. The predicted octanol–water partition coefficient (Wildman–Crippen LogP) is 2.71. The van der Waals surface area contributed by atoms with E-state index >= 15 is 0 Å². The molecule has 9 nitrogen and oxygen atoms in total. The van der Waals surface area contributed by atoms with Crippen LogP contribution in [0.1, 0.15) is 28.9 Å². The number of hydrogen-bond donors (Lipinski definition) is 2. The molecular formula is C24H22BrN3O6. The molecule has 3 atom stereocenters. The molecule has 1 heterocycles. The van der Waals surface area contributed by atoms with Gasteiger partial charge in [-0.1, -0.05) is 46.3 Å². The number of nitrogens with zero attached hydrogens (tertiary/aromatic N) is 1. The van der Waals surface area contributed by atoms with Crippen LogP contribution < -0.4 is 20.1 Å². The number of nitro benzene ring substituents is 1. The van der Waals surface area contributed by atoms with Crippen LogP contribution in [0.5, 0.6) is 11.5 Å². The number of carbonyl (C=O) groups is 1. The van der Waals surface area contributed by atoms with E-state index in [1.807, 2.05) is 48.5 Å². The highest BCUT2D eigenvalue weighted by molar-refractivity contribution is 9.10. The van der Waals surface area contributed by atoms with Gasteiger partial charge in [-0.3, -0.25) is 15.0 Å². The second kappa shape index (κ2) is 9.70. The fourth-order valence-corrected chi connectivity index (χ4v) is 4.73. The van der Waals surface area contributed by atoms with Crippen molar-refractivity contribution in [1.29, 1.82) is 0 Å². The van der Waals surface area contributed by atoms with Gasteiger partial charge < -0.3 is 19.9 Å². The molecule has 10 heteroatoms. The minimum atomic E-state index is -0.792. The smallest absolute Gasteiger partial charge is 0.361 e. The number of rotatable bonds is 6. The first-order valence-corrected chi connectivity index (χ1v) is 11.2. The van der Waals surface area contributed by atoms with E-state index in [1.165, 1.54) is 20.3 Å². The summed E-state index contributed by atoms with van der Waals surface area (Å²) in [4.78, 5) is 24.0. The first-order chi connectivity index (χ1) is 16.3. The number of fused-ring (bicyclic) bond motifs is 1. The van der Waals surface area contributed by atoms with E-state index in [0.29, 0.717) is 4.90 Å². The summed E-state index contributed by atoms with van der Waals surface area (Å²) in [6.45, 7) is -0.0931. The first kappa shape index (κ1) is 23.5. The van der Waals surface area contributed by atoms with Gasteiger partial charge in [-0.2, -0.15) is 0 Å². The summed E-state index contributed by atoms with van der Waals surface area (Å²) in [5.74, 6) is -1.04. The van der Waals surface area contributed by atoms with Crippen molar-refractivity contribution in [2.24, 2.45) is 0 Å². The summed E-state index contributed by atoms with van der Waals surface area (Å²) in [5.41, 5.74) is 2.10. The Balaban J connectivity index is 1.97. The summed E-state index contributed by atoms with van der Waals surface area (Å²) < 4.78 is 11.1. The zero-order valence-corrected chi connectivity index (χ0v) is 20.0. The highest BCUT2D eigenvalue weighted by Gasteiger charge is 2.42. The summed E-state index contributed by atoms with van der Waals surface area (Å²) in [5, 5.41) is 28.1. The Morgan fingerprint density at radius 1 is 1.12 bits per heavy atom. The molecule has 0 saturated carbocycles. The Hall–Kier alpha value is -3.63. The average Bonchev–Trinajstić information content (AvgIpc) is 2.84. The van der Waals surface area contributed by atoms with Gasteiger partial charge in [-0.05, 0) is 30.0 Å². The number of ether oxygens (including phenoxy) is 2. The Morgan fingerprint density at radius 2 is 1.85 bits per heavy atom. The molecule has 0 amide bonds. The van der Waals surface area contributed by atoms with Crippen LogP contribution in [0.4, 0.5) is 11.4 Å². The standard InChI is InChI=1S/C24H22BrN3O6/c1-33-16-11-18(23(30)20(12-16)28(31)32)24-26-19-9-8-15(25)10-17(19)22(14-6-4-3-5-7-14)27(24)13-21(29)34-2/h3-12,22,24,26,30H,13H2,1-2H3/t22-,24+/m0/s1. The van der Waals surface area contributed by atoms with Crippen molar-refractivity contribution in [2.45, 2.75) is 12.2 Å². The molecule has 3 aromatic rings. The van der Waals surface area contributed by atoms with E-state index < -0.39 is 28.5 Å². The topological polar surface area (TPSA) is 118 Å². The van der Waals surface area contributed by atoms with E-state index in [2.05, 4.69) is 21.2 Å². The van der Waals surface area contributed by atoms with Crippen LogP contribution in [0.2, 0.25) is 0 Å². The molecule has 2 N–H and O–H groups in total. The van der Waals surface area contributed by atoms with Gasteiger partial charge in [-0.25, -0.2) is 4.79 Å². The summed E-state index contributed by atoms with van der Waals surface area (Å²) >= 11 is 3.52. The molecule has 0 radical (unpaired) electrons. The van der Waals surface area contributed by atoms with E-state index in [-0.39, 0.29) is 23.9 Å². The van der Waals surface area contributed by atoms with Crippen molar-refractivity contribution < 1.29 is 29.2 Å². The molecule has 3 aromatic carbocycles. The molecule has 1 aliphatic heterocycles. The van der Waals surface area contributed by atoms with Gasteiger partial charge in [0.2, 0.25) is 0 Å². The summed E-state index contributed by atoms with van der Waals surface area (Å²) in [6, 6.07) is 17.5. The molecule has 34 heavy (non-hydrogen) atoms. The van der Waals surface area contributed by atoms with Crippen LogP contribution >= 0.6 is 15.9 Å². The molecule has 0 aromatic heterocycles. The highest BCUT2D eigenvalue weighted by Crippen LogP contribution is 2.40. The molecule has 0 aliphatic carbocycles. The third kappa shape index (κ3) is 4.42. The maximum atomic E-state index is 13.2. The van der Waals surface area contributed by atoms with E-state index in [1.54, 1.807) is 0 Å².